The fraction of sp³-hybridized carbons (Fsp3) is 0.455. The van der Waals surface area contributed by atoms with E-state index in [4.69, 9.17) is 5.73 Å². The fourth-order valence-corrected chi connectivity index (χ4v) is 1.61. The van der Waals surface area contributed by atoms with Gasteiger partial charge in [0.1, 0.15) is 5.82 Å². The van der Waals surface area contributed by atoms with Crippen molar-refractivity contribution in [2.75, 3.05) is 0 Å². The molecule has 0 heterocycles. The van der Waals surface area contributed by atoms with Gasteiger partial charge in [0.05, 0.1) is 12.1 Å². The lowest BCUT2D eigenvalue weighted by Crippen LogP contribution is -2.27. The summed E-state index contributed by atoms with van der Waals surface area (Å²) in [6, 6.07) is 5.61. The summed E-state index contributed by atoms with van der Waals surface area (Å²) in [6.45, 7) is 0. The molecule has 2 atom stereocenters. The summed E-state index contributed by atoms with van der Waals surface area (Å²) < 4.78 is 12.6. The zero-order valence-corrected chi connectivity index (χ0v) is 7.86. The zero-order valence-electron chi connectivity index (χ0n) is 7.86. The van der Waals surface area contributed by atoms with Gasteiger partial charge in [0.15, 0.2) is 0 Å². The number of aliphatic hydroxyl groups excluding tert-OH is 1. The van der Waals surface area contributed by atoms with Crippen molar-refractivity contribution in [1.29, 1.82) is 0 Å². The van der Waals surface area contributed by atoms with Gasteiger partial charge in [-0.2, -0.15) is 0 Å². The molecule has 2 nitrogen and oxygen atoms in total. The summed E-state index contributed by atoms with van der Waals surface area (Å²) in [5.41, 5.74) is 6.65. The predicted molar refractivity (Wildman–Crippen MR) is 52.1 cm³/mol. The highest BCUT2D eigenvalue weighted by Gasteiger charge is 2.34. The molecule has 0 amide bonds. The number of halogens is 1. The van der Waals surface area contributed by atoms with Crippen molar-refractivity contribution in [2.24, 2.45) is 11.7 Å². The van der Waals surface area contributed by atoms with Crippen LogP contribution in [0.1, 0.15) is 24.4 Å². The van der Waals surface area contributed by atoms with Gasteiger partial charge >= 0.3 is 0 Å². The Bertz CT molecular complexity index is 308. The van der Waals surface area contributed by atoms with E-state index in [0.29, 0.717) is 5.92 Å². The molecule has 1 aliphatic carbocycles. The summed E-state index contributed by atoms with van der Waals surface area (Å²) in [5, 5.41) is 9.76. The van der Waals surface area contributed by atoms with Crippen molar-refractivity contribution in [3.8, 4) is 0 Å². The van der Waals surface area contributed by atoms with E-state index in [1.165, 1.54) is 12.1 Å². The van der Waals surface area contributed by atoms with Crippen molar-refractivity contribution >= 4 is 0 Å². The maximum Gasteiger partial charge on any atom is 0.123 e. The molecule has 14 heavy (non-hydrogen) atoms. The molecule has 1 aromatic rings. The van der Waals surface area contributed by atoms with E-state index in [1.54, 1.807) is 12.1 Å². The summed E-state index contributed by atoms with van der Waals surface area (Å²) in [5.74, 6) is 0.0666. The normalized spacial score (nSPS) is 20.5. The number of aliphatic hydroxyl groups is 1. The minimum absolute atomic E-state index is 0.276. The molecule has 0 aromatic heterocycles. The van der Waals surface area contributed by atoms with Gasteiger partial charge in [-0.05, 0) is 36.5 Å². The maximum atomic E-state index is 12.6. The molecular weight excluding hydrogens is 181 g/mol. The van der Waals surface area contributed by atoms with Gasteiger partial charge < -0.3 is 10.8 Å². The van der Waals surface area contributed by atoms with Crippen LogP contribution in [0, 0.1) is 11.7 Å². The Balaban J connectivity index is 2.09. The lowest BCUT2D eigenvalue weighted by Gasteiger charge is -2.18. The van der Waals surface area contributed by atoms with Crippen LogP contribution in [0.25, 0.3) is 0 Å². The van der Waals surface area contributed by atoms with E-state index in [2.05, 4.69) is 0 Å². The largest absolute Gasteiger partial charge is 0.391 e. The first kappa shape index (κ1) is 9.62. The van der Waals surface area contributed by atoms with Gasteiger partial charge in [-0.1, -0.05) is 12.1 Å². The Morgan fingerprint density at radius 3 is 2.36 bits per heavy atom. The second-order valence-electron chi connectivity index (χ2n) is 3.91. The Labute approximate surface area is 82.5 Å². The fourth-order valence-electron chi connectivity index (χ4n) is 1.61. The predicted octanol–water partition coefficient (Wildman–Crippen LogP) is 1.60. The number of benzene rings is 1. The molecule has 0 radical (unpaired) electrons. The quantitative estimate of drug-likeness (QED) is 0.769. The van der Waals surface area contributed by atoms with Crippen LogP contribution in [0.5, 0.6) is 0 Å². The summed E-state index contributed by atoms with van der Waals surface area (Å²) in [4.78, 5) is 0. The van der Waals surface area contributed by atoms with E-state index >= 15 is 0 Å². The van der Waals surface area contributed by atoms with E-state index in [0.717, 1.165) is 18.4 Å². The molecular formula is C11H14FNO. The Morgan fingerprint density at radius 2 is 1.86 bits per heavy atom. The molecule has 0 saturated heterocycles. The molecule has 0 bridgehead atoms. The third kappa shape index (κ3) is 1.94. The van der Waals surface area contributed by atoms with Gasteiger partial charge in [-0.15, -0.1) is 0 Å². The molecule has 0 unspecified atom stereocenters. The number of hydrogen-bond acceptors (Lipinski definition) is 2. The second-order valence-corrected chi connectivity index (χ2v) is 3.91. The first-order chi connectivity index (χ1) is 6.68. The molecule has 1 fully saturated rings. The molecule has 2 rings (SSSR count). The van der Waals surface area contributed by atoms with Crippen LogP contribution in [0.2, 0.25) is 0 Å². The standard InChI is InChI=1S/C11H14FNO/c12-9-5-3-7(4-6-9)10(13)11(14)8-1-2-8/h3-6,8,10-11,14H,1-2,13H2/t10-,11+/m1/s1. The highest BCUT2D eigenvalue weighted by atomic mass is 19.1. The Morgan fingerprint density at radius 1 is 1.29 bits per heavy atom. The van der Waals surface area contributed by atoms with Crippen LogP contribution < -0.4 is 5.73 Å². The van der Waals surface area contributed by atoms with Gasteiger partial charge in [-0.3, -0.25) is 0 Å². The zero-order chi connectivity index (χ0) is 10.1. The van der Waals surface area contributed by atoms with Crippen LogP contribution in [0.3, 0.4) is 0 Å². The molecule has 1 aromatic carbocycles. The SMILES string of the molecule is N[C@H](c1ccc(F)cc1)[C@@H](O)C1CC1. The molecule has 1 saturated carbocycles. The lowest BCUT2D eigenvalue weighted by molar-refractivity contribution is 0.122. The summed E-state index contributed by atoms with van der Waals surface area (Å²) in [6.07, 6.45) is 1.62. The van der Waals surface area contributed by atoms with Crippen LogP contribution in [0.15, 0.2) is 24.3 Å². The van der Waals surface area contributed by atoms with Crippen LogP contribution in [0.4, 0.5) is 4.39 Å². The smallest absolute Gasteiger partial charge is 0.123 e. The molecule has 1 aliphatic rings. The van der Waals surface area contributed by atoms with Crippen LogP contribution >= 0.6 is 0 Å². The minimum atomic E-state index is -0.486. The van der Waals surface area contributed by atoms with Gasteiger partial charge in [-0.25, -0.2) is 4.39 Å². The van der Waals surface area contributed by atoms with E-state index < -0.39 is 6.10 Å². The Hall–Kier alpha value is -0.930. The second kappa shape index (κ2) is 3.67. The highest BCUT2D eigenvalue weighted by Crippen LogP contribution is 2.37. The van der Waals surface area contributed by atoms with Gasteiger partial charge in [0.25, 0.3) is 0 Å². The van der Waals surface area contributed by atoms with Crippen molar-refractivity contribution in [1.82, 2.24) is 0 Å². The summed E-state index contributed by atoms with van der Waals surface area (Å²) >= 11 is 0. The molecule has 0 aliphatic heterocycles. The Kier molecular flexibility index (Phi) is 2.52. The van der Waals surface area contributed by atoms with Crippen molar-refractivity contribution in [3.05, 3.63) is 35.6 Å². The van der Waals surface area contributed by atoms with Crippen molar-refractivity contribution in [2.45, 2.75) is 25.0 Å². The average molecular weight is 195 g/mol. The van der Waals surface area contributed by atoms with Crippen molar-refractivity contribution in [3.63, 3.8) is 0 Å². The van der Waals surface area contributed by atoms with Crippen LogP contribution in [-0.2, 0) is 0 Å². The third-order valence-electron chi connectivity index (χ3n) is 2.73. The topological polar surface area (TPSA) is 46.2 Å². The number of nitrogens with two attached hydrogens (primary N) is 1. The molecule has 76 valence electrons. The average Bonchev–Trinajstić information content (AvgIpc) is 3.00. The van der Waals surface area contributed by atoms with Crippen molar-refractivity contribution < 1.29 is 9.50 Å². The maximum absolute atomic E-state index is 12.6. The van der Waals surface area contributed by atoms with E-state index in [1.807, 2.05) is 0 Å². The third-order valence-corrected chi connectivity index (χ3v) is 2.73. The number of rotatable bonds is 3. The van der Waals surface area contributed by atoms with Crippen LogP contribution in [-0.4, -0.2) is 11.2 Å². The van der Waals surface area contributed by atoms with Gasteiger partial charge in [0.2, 0.25) is 0 Å². The first-order valence-corrected chi connectivity index (χ1v) is 4.87. The molecule has 0 spiro atoms. The summed E-state index contributed by atoms with van der Waals surface area (Å²) in [7, 11) is 0. The highest BCUT2D eigenvalue weighted by molar-refractivity contribution is 5.21. The van der Waals surface area contributed by atoms with E-state index in [9.17, 15) is 9.50 Å². The van der Waals surface area contributed by atoms with Gasteiger partial charge in [0, 0.05) is 0 Å². The number of hydrogen-bond donors (Lipinski definition) is 2. The molecule has 3 heteroatoms. The lowest BCUT2D eigenvalue weighted by atomic mass is 9.99. The molecule has 3 N–H and O–H groups in total. The van der Waals surface area contributed by atoms with E-state index in [-0.39, 0.29) is 11.9 Å². The monoisotopic (exact) mass is 195 g/mol. The minimum Gasteiger partial charge on any atom is -0.391 e. The first-order valence-electron chi connectivity index (χ1n) is 4.87.